The molecule has 0 aromatic heterocycles. The monoisotopic (exact) mass is 412 g/mol. The average Bonchev–Trinajstić information content (AvgIpc) is 2.68. The summed E-state index contributed by atoms with van der Waals surface area (Å²) in [6, 6.07) is 19.1. The normalized spacial score (nSPS) is 10.8. The van der Waals surface area contributed by atoms with Gasteiger partial charge in [-0.2, -0.15) is 5.10 Å². The third-order valence-electron chi connectivity index (χ3n) is 3.68. The van der Waals surface area contributed by atoms with Gasteiger partial charge in [0.2, 0.25) is 0 Å². The number of amides is 1. The molecule has 26 heavy (non-hydrogen) atoms. The summed E-state index contributed by atoms with van der Waals surface area (Å²) in [7, 11) is 1.60. The van der Waals surface area contributed by atoms with Gasteiger partial charge in [-0.15, -0.1) is 0 Å². The Bertz CT molecular complexity index is 957. The molecule has 1 N–H and O–H groups in total. The maximum absolute atomic E-state index is 11.9. The van der Waals surface area contributed by atoms with Gasteiger partial charge >= 0.3 is 0 Å². The number of methoxy groups -OCH3 is 1. The molecule has 0 radical (unpaired) electrons. The van der Waals surface area contributed by atoms with Crippen LogP contribution in [0.15, 0.2) is 70.2 Å². The summed E-state index contributed by atoms with van der Waals surface area (Å²) in [5.74, 6) is 0.990. The number of benzene rings is 3. The van der Waals surface area contributed by atoms with Crippen molar-refractivity contribution >= 4 is 38.8 Å². The minimum atomic E-state index is -0.343. The van der Waals surface area contributed by atoms with E-state index in [1.165, 1.54) is 0 Å². The molecule has 0 heterocycles. The second-order valence-corrected chi connectivity index (χ2v) is 6.25. The van der Waals surface area contributed by atoms with E-state index in [1.807, 2.05) is 60.7 Å². The van der Waals surface area contributed by atoms with Crippen molar-refractivity contribution in [1.29, 1.82) is 0 Å². The van der Waals surface area contributed by atoms with Crippen LogP contribution in [0, 0.1) is 0 Å². The fourth-order valence-corrected chi connectivity index (χ4v) is 3.01. The lowest BCUT2D eigenvalue weighted by molar-refractivity contribution is -0.123. The minimum absolute atomic E-state index is 0.133. The molecular formula is C20H17BrN2O3. The van der Waals surface area contributed by atoms with Gasteiger partial charge in [-0.1, -0.05) is 42.5 Å². The lowest BCUT2D eigenvalue weighted by Crippen LogP contribution is -2.24. The van der Waals surface area contributed by atoms with Crippen LogP contribution in [0.1, 0.15) is 5.56 Å². The summed E-state index contributed by atoms with van der Waals surface area (Å²) in [6.45, 7) is -0.133. The van der Waals surface area contributed by atoms with E-state index in [-0.39, 0.29) is 12.5 Å². The molecule has 0 unspecified atom stereocenters. The zero-order chi connectivity index (χ0) is 18.4. The van der Waals surface area contributed by atoms with Crippen LogP contribution < -0.4 is 14.9 Å². The van der Waals surface area contributed by atoms with Gasteiger partial charge < -0.3 is 9.47 Å². The molecular weight excluding hydrogens is 396 g/mol. The number of fused-ring (bicyclic) bond motifs is 1. The van der Waals surface area contributed by atoms with Crippen molar-refractivity contribution in [3.63, 3.8) is 0 Å². The quantitative estimate of drug-likeness (QED) is 0.488. The third kappa shape index (κ3) is 4.40. The lowest BCUT2D eigenvalue weighted by atomic mass is 10.1. The molecule has 0 aliphatic rings. The molecule has 0 aliphatic heterocycles. The van der Waals surface area contributed by atoms with Crippen molar-refractivity contribution in [3.05, 3.63) is 70.7 Å². The van der Waals surface area contributed by atoms with Gasteiger partial charge in [-0.3, -0.25) is 4.79 Å². The van der Waals surface area contributed by atoms with Crippen LogP contribution in [0.25, 0.3) is 10.8 Å². The maximum atomic E-state index is 11.9. The SMILES string of the molecule is COc1cccc(/C=N/NC(=O)COc2ccc3ccccc3c2Br)c1. The second-order valence-electron chi connectivity index (χ2n) is 5.46. The van der Waals surface area contributed by atoms with E-state index in [2.05, 4.69) is 26.5 Å². The largest absolute Gasteiger partial charge is 0.497 e. The zero-order valence-corrected chi connectivity index (χ0v) is 15.7. The summed E-state index contributed by atoms with van der Waals surface area (Å²) >= 11 is 3.53. The third-order valence-corrected chi connectivity index (χ3v) is 4.50. The van der Waals surface area contributed by atoms with Gasteiger partial charge in [0.25, 0.3) is 5.91 Å². The van der Waals surface area contributed by atoms with Gasteiger partial charge in [0.05, 0.1) is 17.8 Å². The summed E-state index contributed by atoms with van der Waals surface area (Å²) in [5, 5.41) is 6.06. The molecule has 3 aromatic carbocycles. The Kier molecular flexibility index (Phi) is 5.86. The molecule has 5 nitrogen and oxygen atoms in total. The number of hydrazone groups is 1. The number of nitrogens with zero attached hydrogens (tertiary/aromatic N) is 1. The lowest BCUT2D eigenvalue weighted by Gasteiger charge is -2.09. The molecule has 0 bridgehead atoms. The Hall–Kier alpha value is -2.86. The zero-order valence-electron chi connectivity index (χ0n) is 14.1. The first-order valence-electron chi connectivity index (χ1n) is 7.93. The number of hydrogen-bond acceptors (Lipinski definition) is 4. The van der Waals surface area contributed by atoms with Crippen LogP contribution in [0.4, 0.5) is 0 Å². The van der Waals surface area contributed by atoms with Crippen molar-refractivity contribution in [2.24, 2.45) is 5.10 Å². The Morgan fingerprint density at radius 1 is 1.15 bits per heavy atom. The van der Waals surface area contributed by atoms with Gasteiger partial charge in [0, 0.05) is 0 Å². The van der Waals surface area contributed by atoms with Crippen LogP contribution >= 0.6 is 15.9 Å². The molecule has 132 valence electrons. The predicted octanol–water partition coefficient (Wildman–Crippen LogP) is 4.14. The van der Waals surface area contributed by atoms with E-state index in [0.29, 0.717) is 5.75 Å². The molecule has 0 spiro atoms. The van der Waals surface area contributed by atoms with Crippen LogP contribution in [0.5, 0.6) is 11.5 Å². The van der Waals surface area contributed by atoms with Crippen LogP contribution in [-0.2, 0) is 4.79 Å². The molecule has 0 fully saturated rings. The molecule has 0 aliphatic carbocycles. The van der Waals surface area contributed by atoms with Crippen molar-refractivity contribution in [2.75, 3.05) is 13.7 Å². The van der Waals surface area contributed by atoms with Crippen LogP contribution in [-0.4, -0.2) is 25.8 Å². The van der Waals surface area contributed by atoms with Crippen LogP contribution in [0.2, 0.25) is 0 Å². The fourth-order valence-electron chi connectivity index (χ4n) is 2.40. The number of carbonyl (C=O) groups excluding carboxylic acids is 1. The molecule has 3 rings (SSSR count). The number of halogens is 1. The van der Waals surface area contributed by atoms with Crippen molar-refractivity contribution in [1.82, 2.24) is 5.43 Å². The Morgan fingerprint density at radius 2 is 2.00 bits per heavy atom. The topological polar surface area (TPSA) is 59.9 Å². The predicted molar refractivity (Wildman–Crippen MR) is 106 cm³/mol. The van der Waals surface area contributed by atoms with E-state index in [9.17, 15) is 4.79 Å². The maximum Gasteiger partial charge on any atom is 0.277 e. The highest BCUT2D eigenvalue weighted by Gasteiger charge is 2.08. The smallest absolute Gasteiger partial charge is 0.277 e. The second kappa shape index (κ2) is 8.49. The summed E-state index contributed by atoms with van der Waals surface area (Å²) in [5.41, 5.74) is 3.27. The Morgan fingerprint density at radius 3 is 2.85 bits per heavy atom. The fraction of sp³-hybridized carbons (Fsp3) is 0.100. The highest BCUT2D eigenvalue weighted by atomic mass is 79.9. The standard InChI is InChI=1S/C20H17BrN2O3/c1-25-16-7-4-5-14(11-16)12-22-23-19(24)13-26-18-10-9-15-6-2-3-8-17(15)20(18)21/h2-12H,13H2,1H3,(H,23,24)/b22-12+. The van der Waals surface area contributed by atoms with E-state index >= 15 is 0 Å². The first kappa shape index (κ1) is 17.9. The Labute approximate surface area is 159 Å². The highest BCUT2D eigenvalue weighted by Crippen LogP contribution is 2.32. The summed E-state index contributed by atoms with van der Waals surface area (Å²) < 4.78 is 11.6. The van der Waals surface area contributed by atoms with Gasteiger partial charge in [0.15, 0.2) is 6.61 Å². The summed E-state index contributed by atoms with van der Waals surface area (Å²) in [6.07, 6.45) is 1.55. The van der Waals surface area contributed by atoms with Crippen molar-refractivity contribution in [2.45, 2.75) is 0 Å². The van der Waals surface area contributed by atoms with E-state index < -0.39 is 0 Å². The minimum Gasteiger partial charge on any atom is -0.497 e. The number of nitrogens with one attached hydrogen (secondary N) is 1. The number of rotatable bonds is 6. The summed E-state index contributed by atoms with van der Waals surface area (Å²) in [4.78, 5) is 11.9. The number of hydrogen-bond donors (Lipinski definition) is 1. The van der Waals surface area contributed by atoms with E-state index in [4.69, 9.17) is 9.47 Å². The van der Waals surface area contributed by atoms with Gasteiger partial charge in [-0.05, 0) is 50.5 Å². The highest BCUT2D eigenvalue weighted by molar-refractivity contribution is 9.10. The van der Waals surface area contributed by atoms with E-state index in [0.717, 1.165) is 26.6 Å². The average molecular weight is 413 g/mol. The van der Waals surface area contributed by atoms with Crippen molar-refractivity contribution in [3.8, 4) is 11.5 Å². The molecule has 0 saturated carbocycles. The van der Waals surface area contributed by atoms with Crippen molar-refractivity contribution < 1.29 is 14.3 Å². The van der Waals surface area contributed by atoms with Gasteiger partial charge in [-0.25, -0.2) is 5.43 Å². The van der Waals surface area contributed by atoms with Gasteiger partial charge in [0.1, 0.15) is 11.5 Å². The molecule has 6 heteroatoms. The molecule has 0 saturated heterocycles. The molecule has 0 atom stereocenters. The van der Waals surface area contributed by atoms with E-state index in [1.54, 1.807) is 13.3 Å². The molecule has 3 aromatic rings. The number of carbonyl (C=O) groups is 1. The molecule has 1 amide bonds. The Balaban J connectivity index is 1.57. The first-order valence-corrected chi connectivity index (χ1v) is 8.72. The van der Waals surface area contributed by atoms with Crippen LogP contribution in [0.3, 0.4) is 0 Å². The number of ether oxygens (including phenoxy) is 2. The first-order chi connectivity index (χ1) is 12.7.